The second-order valence-electron chi connectivity index (χ2n) is 2.53. The third-order valence-corrected chi connectivity index (χ3v) is 1.54. The molecule has 1 rings (SSSR count). The zero-order valence-corrected chi connectivity index (χ0v) is 7.04. The van der Waals surface area contributed by atoms with Crippen LogP contribution in [0, 0.1) is 0 Å². The van der Waals surface area contributed by atoms with Gasteiger partial charge in [-0.15, -0.1) is 0 Å². The Morgan fingerprint density at radius 1 is 1.31 bits per heavy atom. The van der Waals surface area contributed by atoms with Gasteiger partial charge in [0, 0.05) is 6.54 Å². The lowest BCUT2D eigenvalue weighted by Crippen LogP contribution is -2.11. The normalized spacial score (nSPS) is 12.5. The highest BCUT2D eigenvalue weighted by molar-refractivity contribution is 5.27. The summed E-state index contributed by atoms with van der Waals surface area (Å²) in [6.45, 7) is -0.721. The summed E-state index contributed by atoms with van der Waals surface area (Å²) < 4.78 is 28.7. The van der Waals surface area contributed by atoms with E-state index in [2.05, 4.69) is 4.74 Å². The van der Waals surface area contributed by atoms with Gasteiger partial charge in [-0.1, -0.05) is 12.1 Å². The van der Waals surface area contributed by atoms with Crippen LogP contribution in [0.4, 0.5) is 8.78 Å². The molecule has 0 radical (unpaired) electrons. The van der Waals surface area contributed by atoms with Crippen molar-refractivity contribution in [1.82, 2.24) is 0 Å². The van der Waals surface area contributed by atoms with E-state index in [0.717, 1.165) is 5.56 Å². The quantitative estimate of drug-likeness (QED) is 0.779. The Hall–Kier alpha value is -1.16. The maximum absolute atomic E-state index is 12.4. The van der Waals surface area contributed by atoms with Gasteiger partial charge in [-0.2, -0.15) is 4.39 Å². The van der Waals surface area contributed by atoms with Crippen molar-refractivity contribution in [2.75, 3.05) is 6.67 Å². The first kappa shape index (κ1) is 9.92. The minimum atomic E-state index is -1.89. The second-order valence-corrected chi connectivity index (χ2v) is 2.53. The second kappa shape index (κ2) is 4.77. The molecule has 0 bridgehead atoms. The molecule has 2 nitrogen and oxygen atoms in total. The molecule has 0 heterocycles. The Labute approximate surface area is 75.3 Å². The highest BCUT2D eigenvalue weighted by atomic mass is 19.2. The molecule has 72 valence electrons. The van der Waals surface area contributed by atoms with Crippen molar-refractivity contribution in [2.45, 2.75) is 12.9 Å². The van der Waals surface area contributed by atoms with Gasteiger partial charge in [-0.25, -0.2) is 4.39 Å². The highest BCUT2D eigenvalue weighted by Gasteiger charge is 2.05. The number of hydrogen-bond acceptors (Lipinski definition) is 2. The number of benzene rings is 1. The van der Waals surface area contributed by atoms with E-state index in [-0.39, 0.29) is 0 Å². The molecule has 1 atom stereocenters. The van der Waals surface area contributed by atoms with Crippen molar-refractivity contribution in [2.24, 2.45) is 5.73 Å². The number of halogens is 2. The SMILES string of the molecule is NCc1ccc(OC(F)CF)cc1. The van der Waals surface area contributed by atoms with Crippen LogP contribution in [0.2, 0.25) is 0 Å². The Morgan fingerprint density at radius 2 is 1.92 bits per heavy atom. The number of nitrogens with two attached hydrogens (primary N) is 1. The molecular weight excluding hydrogens is 176 g/mol. The number of rotatable bonds is 4. The standard InChI is InChI=1S/C9H11F2NO/c10-5-9(11)13-8-3-1-7(6-12)2-4-8/h1-4,9H,5-6,12H2. The van der Waals surface area contributed by atoms with E-state index in [1.807, 2.05) is 0 Å². The summed E-state index contributed by atoms with van der Waals surface area (Å²) in [5, 5.41) is 0. The fourth-order valence-electron chi connectivity index (χ4n) is 0.883. The molecular formula is C9H11F2NO. The molecule has 0 aliphatic heterocycles. The van der Waals surface area contributed by atoms with Crippen LogP contribution in [0.15, 0.2) is 24.3 Å². The Morgan fingerprint density at radius 3 is 2.38 bits per heavy atom. The van der Waals surface area contributed by atoms with Crippen LogP contribution >= 0.6 is 0 Å². The average molecular weight is 187 g/mol. The maximum Gasteiger partial charge on any atom is 0.266 e. The van der Waals surface area contributed by atoms with Gasteiger partial charge in [-0.3, -0.25) is 0 Å². The minimum absolute atomic E-state index is 0.308. The molecule has 0 fully saturated rings. The highest BCUT2D eigenvalue weighted by Crippen LogP contribution is 2.14. The zero-order chi connectivity index (χ0) is 9.68. The molecule has 0 aliphatic carbocycles. The topological polar surface area (TPSA) is 35.2 Å². The Bertz CT molecular complexity index is 250. The fourth-order valence-corrected chi connectivity index (χ4v) is 0.883. The fraction of sp³-hybridized carbons (Fsp3) is 0.333. The van der Waals surface area contributed by atoms with Crippen molar-refractivity contribution in [3.05, 3.63) is 29.8 Å². The first-order chi connectivity index (χ1) is 6.26. The third-order valence-electron chi connectivity index (χ3n) is 1.54. The van der Waals surface area contributed by atoms with Crippen LogP contribution in [0.5, 0.6) is 5.75 Å². The van der Waals surface area contributed by atoms with Crippen molar-refractivity contribution in [1.29, 1.82) is 0 Å². The third kappa shape index (κ3) is 2.99. The Kier molecular flexibility index (Phi) is 3.64. The predicted molar refractivity (Wildman–Crippen MR) is 45.8 cm³/mol. The van der Waals surface area contributed by atoms with Crippen LogP contribution < -0.4 is 10.5 Å². The number of ether oxygens (including phenoxy) is 1. The van der Waals surface area contributed by atoms with Gasteiger partial charge in [0.25, 0.3) is 6.36 Å². The summed E-state index contributed by atoms with van der Waals surface area (Å²) in [5.74, 6) is 0.308. The largest absolute Gasteiger partial charge is 0.458 e. The van der Waals surface area contributed by atoms with Crippen LogP contribution in [0.3, 0.4) is 0 Å². The van der Waals surface area contributed by atoms with Crippen LogP contribution in [0.25, 0.3) is 0 Å². The lowest BCUT2D eigenvalue weighted by atomic mass is 10.2. The molecule has 0 amide bonds. The molecule has 0 saturated heterocycles. The van der Waals surface area contributed by atoms with Crippen LogP contribution in [0.1, 0.15) is 5.56 Å². The molecule has 0 spiro atoms. The van der Waals surface area contributed by atoms with Crippen LogP contribution in [-0.4, -0.2) is 13.0 Å². The lowest BCUT2D eigenvalue weighted by Gasteiger charge is -2.07. The minimum Gasteiger partial charge on any atom is -0.458 e. The van der Waals surface area contributed by atoms with Gasteiger partial charge in [0.15, 0.2) is 6.67 Å². The maximum atomic E-state index is 12.4. The molecule has 1 aromatic rings. The van der Waals surface area contributed by atoms with Crippen molar-refractivity contribution < 1.29 is 13.5 Å². The summed E-state index contributed by atoms with van der Waals surface area (Å²) in [5.41, 5.74) is 6.27. The van der Waals surface area contributed by atoms with Crippen molar-refractivity contribution in [3.63, 3.8) is 0 Å². The molecule has 13 heavy (non-hydrogen) atoms. The van der Waals surface area contributed by atoms with E-state index in [0.29, 0.717) is 12.3 Å². The van der Waals surface area contributed by atoms with E-state index in [1.165, 1.54) is 0 Å². The van der Waals surface area contributed by atoms with Gasteiger partial charge in [-0.05, 0) is 17.7 Å². The molecule has 4 heteroatoms. The van der Waals surface area contributed by atoms with Crippen molar-refractivity contribution >= 4 is 0 Å². The molecule has 0 aliphatic rings. The van der Waals surface area contributed by atoms with Gasteiger partial charge < -0.3 is 10.5 Å². The van der Waals surface area contributed by atoms with Crippen molar-refractivity contribution in [3.8, 4) is 5.75 Å². The number of hydrogen-bond donors (Lipinski definition) is 1. The molecule has 1 unspecified atom stereocenters. The smallest absolute Gasteiger partial charge is 0.266 e. The summed E-state index contributed by atoms with van der Waals surface area (Å²) in [6, 6.07) is 6.54. The summed E-state index contributed by atoms with van der Waals surface area (Å²) >= 11 is 0. The van der Waals surface area contributed by atoms with E-state index in [1.54, 1.807) is 24.3 Å². The number of alkyl halides is 2. The summed E-state index contributed by atoms with van der Waals surface area (Å²) in [4.78, 5) is 0. The molecule has 0 aromatic heterocycles. The lowest BCUT2D eigenvalue weighted by molar-refractivity contribution is 0.0434. The summed E-state index contributed by atoms with van der Waals surface area (Å²) in [6.07, 6.45) is -1.89. The predicted octanol–water partition coefficient (Wildman–Crippen LogP) is 1.79. The van der Waals surface area contributed by atoms with Crippen LogP contribution in [-0.2, 0) is 6.54 Å². The van der Waals surface area contributed by atoms with E-state index >= 15 is 0 Å². The van der Waals surface area contributed by atoms with E-state index < -0.39 is 13.0 Å². The Balaban J connectivity index is 2.58. The molecule has 2 N–H and O–H groups in total. The first-order valence-electron chi connectivity index (χ1n) is 3.92. The van der Waals surface area contributed by atoms with Gasteiger partial charge in [0.1, 0.15) is 5.75 Å². The molecule has 0 saturated carbocycles. The van der Waals surface area contributed by atoms with Gasteiger partial charge >= 0.3 is 0 Å². The van der Waals surface area contributed by atoms with Gasteiger partial charge in [0.2, 0.25) is 0 Å². The van der Waals surface area contributed by atoms with E-state index in [4.69, 9.17) is 5.73 Å². The van der Waals surface area contributed by atoms with E-state index in [9.17, 15) is 8.78 Å². The average Bonchev–Trinajstić information content (AvgIpc) is 2.19. The van der Waals surface area contributed by atoms with Gasteiger partial charge in [0.05, 0.1) is 0 Å². The first-order valence-corrected chi connectivity index (χ1v) is 3.92. The zero-order valence-electron chi connectivity index (χ0n) is 7.04. The monoisotopic (exact) mass is 187 g/mol. The summed E-state index contributed by atoms with van der Waals surface area (Å²) in [7, 11) is 0. The molecule has 1 aromatic carbocycles.